The number of hydrogen-bond donors (Lipinski definition) is 1. The van der Waals surface area contributed by atoms with Crippen LogP contribution in [0.25, 0.3) is 0 Å². The largest absolute Gasteiger partial charge is 0.497 e. The minimum absolute atomic E-state index is 0.0782. The van der Waals surface area contributed by atoms with Crippen molar-refractivity contribution in [3.63, 3.8) is 0 Å². The van der Waals surface area contributed by atoms with Crippen LogP contribution in [0.1, 0.15) is 37.8 Å². The summed E-state index contributed by atoms with van der Waals surface area (Å²) in [5.74, 6) is 0.391. The van der Waals surface area contributed by atoms with Crippen molar-refractivity contribution in [1.29, 1.82) is 0 Å². The third kappa shape index (κ3) is 8.41. The maximum absolute atomic E-state index is 14.1. The van der Waals surface area contributed by atoms with Crippen LogP contribution in [-0.4, -0.2) is 65.6 Å². The summed E-state index contributed by atoms with van der Waals surface area (Å²) in [5.41, 5.74) is 1.99. The minimum Gasteiger partial charge on any atom is -0.497 e. The number of rotatable bonds is 15. The zero-order valence-electron chi connectivity index (χ0n) is 25.6. The third-order valence-corrected chi connectivity index (χ3v) is 8.82. The summed E-state index contributed by atoms with van der Waals surface area (Å²) in [7, 11) is 0.171. The van der Waals surface area contributed by atoms with Gasteiger partial charge in [0.1, 0.15) is 18.3 Å². The zero-order chi connectivity index (χ0) is 31.6. The second-order valence-electron chi connectivity index (χ2n) is 10.1. The molecule has 11 heteroatoms. The zero-order valence-corrected chi connectivity index (χ0v) is 26.4. The molecule has 43 heavy (non-hydrogen) atoms. The maximum atomic E-state index is 14.1. The first-order valence-corrected chi connectivity index (χ1v) is 15.5. The average molecular weight is 612 g/mol. The number of methoxy groups -OCH3 is 3. The van der Waals surface area contributed by atoms with Crippen molar-refractivity contribution in [2.24, 2.45) is 0 Å². The first-order chi connectivity index (χ1) is 20.5. The molecule has 1 atom stereocenters. The van der Waals surface area contributed by atoms with E-state index >= 15 is 0 Å². The summed E-state index contributed by atoms with van der Waals surface area (Å²) in [6.07, 6.45) is 1.71. The van der Waals surface area contributed by atoms with Gasteiger partial charge in [0, 0.05) is 19.2 Å². The smallest absolute Gasteiger partial charge is 0.264 e. The molecule has 0 unspecified atom stereocenters. The van der Waals surface area contributed by atoms with Gasteiger partial charge in [0.05, 0.1) is 31.9 Å². The van der Waals surface area contributed by atoms with E-state index in [2.05, 4.69) is 5.32 Å². The highest BCUT2D eigenvalue weighted by Gasteiger charge is 2.33. The van der Waals surface area contributed by atoms with Gasteiger partial charge in [0.15, 0.2) is 11.5 Å². The van der Waals surface area contributed by atoms with Gasteiger partial charge in [-0.25, -0.2) is 8.42 Å². The first-order valence-electron chi connectivity index (χ1n) is 14.1. The van der Waals surface area contributed by atoms with Gasteiger partial charge in [-0.2, -0.15) is 0 Å². The van der Waals surface area contributed by atoms with Crippen LogP contribution in [0.15, 0.2) is 71.6 Å². The number of anilines is 1. The average Bonchev–Trinajstić information content (AvgIpc) is 3.02. The van der Waals surface area contributed by atoms with Crippen molar-refractivity contribution in [2.45, 2.75) is 51.1 Å². The number of carbonyl (C=O) groups is 2. The van der Waals surface area contributed by atoms with Crippen molar-refractivity contribution < 1.29 is 32.2 Å². The standard InChI is InChI=1S/C32H41N3O7S/c1-7-8-19-33-32(37)24(3)34(21-25-11-15-27(40-4)16-12-25)31(36)22-35(26-13-9-23(2)10-14-26)43(38,39)28-17-18-29(41-5)30(20-28)42-6/h9-18,20,24H,7-8,19,21-22H2,1-6H3,(H,33,37)/t24-/m0/s1. The van der Waals surface area contributed by atoms with E-state index in [9.17, 15) is 18.0 Å². The molecule has 0 saturated heterocycles. The van der Waals surface area contributed by atoms with E-state index in [4.69, 9.17) is 14.2 Å². The molecule has 0 saturated carbocycles. The van der Waals surface area contributed by atoms with Gasteiger partial charge >= 0.3 is 0 Å². The Morgan fingerprint density at radius 2 is 1.53 bits per heavy atom. The van der Waals surface area contributed by atoms with Crippen molar-refractivity contribution in [2.75, 3.05) is 38.7 Å². The van der Waals surface area contributed by atoms with Gasteiger partial charge in [-0.1, -0.05) is 43.2 Å². The Labute approximate surface area is 254 Å². The number of hydrogen-bond acceptors (Lipinski definition) is 7. The summed E-state index contributed by atoms with van der Waals surface area (Å²) in [6, 6.07) is 17.4. The van der Waals surface area contributed by atoms with Gasteiger partial charge < -0.3 is 24.4 Å². The molecule has 0 heterocycles. The molecule has 0 aromatic heterocycles. The normalized spacial score (nSPS) is 11.8. The number of nitrogens with zero attached hydrogens (tertiary/aromatic N) is 2. The second-order valence-corrected chi connectivity index (χ2v) is 11.9. The number of carbonyl (C=O) groups excluding carboxylic acids is 2. The molecule has 0 bridgehead atoms. The van der Waals surface area contributed by atoms with Gasteiger partial charge in [0.25, 0.3) is 10.0 Å². The molecule has 3 rings (SSSR count). The van der Waals surface area contributed by atoms with E-state index in [1.165, 1.54) is 37.3 Å². The third-order valence-electron chi connectivity index (χ3n) is 7.05. The van der Waals surface area contributed by atoms with E-state index in [0.717, 1.165) is 28.3 Å². The fourth-order valence-corrected chi connectivity index (χ4v) is 5.82. The molecule has 3 aromatic rings. The second kappa shape index (κ2) is 15.3. The number of sulfonamides is 1. The first kappa shape index (κ1) is 33.3. The van der Waals surface area contributed by atoms with Crippen molar-refractivity contribution >= 4 is 27.5 Å². The number of benzene rings is 3. The molecule has 2 amide bonds. The van der Waals surface area contributed by atoms with E-state index < -0.39 is 28.5 Å². The monoisotopic (exact) mass is 611 g/mol. The van der Waals surface area contributed by atoms with E-state index in [1.807, 2.05) is 13.8 Å². The predicted octanol–water partition coefficient (Wildman–Crippen LogP) is 4.55. The molecule has 0 spiro atoms. The lowest BCUT2D eigenvalue weighted by atomic mass is 10.1. The highest BCUT2D eigenvalue weighted by molar-refractivity contribution is 7.92. The molecule has 0 aliphatic carbocycles. The summed E-state index contributed by atoms with van der Waals surface area (Å²) in [6.45, 7) is 5.58. The number of amides is 2. The molecular formula is C32H41N3O7S. The van der Waals surface area contributed by atoms with Gasteiger partial charge in [-0.15, -0.1) is 0 Å². The predicted molar refractivity (Wildman–Crippen MR) is 166 cm³/mol. The fourth-order valence-electron chi connectivity index (χ4n) is 4.39. The van der Waals surface area contributed by atoms with Crippen LogP contribution in [-0.2, 0) is 26.2 Å². The molecule has 3 aromatic carbocycles. The highest BCUT2D eigenvalue weighted by Crippen LogP contribution is 2.32. The highest BCUT2D eigenvalue weighted by atomic mass is 32.2. The Bertz CT molecular complexity index is 1480. The Morgan fingerprint density at radius 3 is 2.12 bits per heavy atom. The Kier molecular flexibility index (Phi) is 11.8. The number of unbranched alkanes of at least 4 members (excludes halogenated alkanes) is 1. The lowest BCUT2D eigenvalue weighted by Gasteiger charge is -2.32. The summed E-state index contributed by atoms with van der Waals surface area (Å²) >= 11 is 0. The van der Waals surface area contributed by atoms with Gasteiger partial charge in [-0.05, 0) is 62.2 Å². The minimum atomic E-state index is -4.27. The van der Waals surface area contributed by atoms with Crippen molar-refractivity contribution in [3.8, 4) is 17.2 Å². The fraction of sp³-hybridized carbons (Fsp3) is 0.375. The lowest BCUT2D eigenvalue weighted by molar-refractivity contribution is -0.139. The van der Waals surface area contributed by atoms with E-state index in [-0.39, 0.29) is 23.1 Å². The Morgan fingerprint density at radius 1 is 0.884 bits per heavy atom. The van der Waals surface area contributed by atoms with E-state index in [1.54, 1.807) is 62.6 Å². The molecule has 1 N–H and O–H groups in total. The van der Waals surface area contributed by atoms with Gasteiger partial charge in [0.2, 0.25) is 11.8 Å². The number of nitrogens with one attached hydrogen (secondary N) is 1. The number of aryl methyl sites for hydroxylation is 1. The Hall–Kier alpha value is -4.25. The molecular weight excluding hydrogens is 570 g/mol. The quantitative estimate of drug-likeness (QED) is 0.251. The molecule has 0 radical (unpaired) electrons. The van der Waals surface area contributed by atoms with Crippen LogP contribution < -0.4 is 23.8 Å². The van der Waals surface area contributed by atoms with E-state index in [0.29, 0.717) is 23.7 Å². The van der Waals surface area contributed by atoms with Crippen LogP contribution >= 0.6 is 0 Å². The van der Waals surface area contributed by atoms with Crippen molar-refractivity contribution in [1.82, 2.24) is 10.2 Å². The summed E-state index contributed by atoms with van der Waals surface area (Å²) in [5, 5.41) is 2.88. The molecule has 0 aliphatic heterocycles. The number of ether oxygens (including phenoxy) is 3. The topological polar surface area (TPSA) is 114 Å². The molecule has 0 aliphatic rings. The maximum Gasteiger partial charge on any atom is 0.264 e. The molecule has 0 fully saturated rings. The SMILES string of the molecule is CCCCNC(=O)[C@H](C)N(Cc1ccc(OC)cc1)C(=O)CN(c1ccc(C)cc1)S(=O)(=O)c1ccc(OC)c(OC)c1. The van der Waals surface area contributed by atoms with Crippen LogP contribution in [0.3, 0.4) is 0 Å². The molecule has 232 valence electrons. The van der Waals surface area contributed by atoms with Crippen LogP contribution in [0.2, 0.25) is 0 Å². The molecule has 10 nitrogen and oxygen atoms in total. The Balaban J connectivity index is 2.03. The van der Waals surface area contributed by atoms with Crippen LogP contribution in [0.4, 0.5) is 5.69 Å². The van der Waals surface area contributed by atoms with Crippen LogP contribution in [0, 0.1) is 6.92 Å². The van der Waals surface area contributed by atoms with Crippen LogP contribution in [0.5, 0.6) is 17.2 Å². The summed E-state index contributed by atoms with van der Waals surface area (Å²) in [4.78, 5) is 28.5. The van der Waals surface area contributed by atoms with Gasteiger partial charge in [-0.3, -0.25) is 13.9 Å². The summed E-state index contributed by atoms with van der Waals surface area (Å²) < 4.78 is 45.1. The van der Waals surface area contributed by atoms with Crippen molar-refractivity contribution in [3.05, 3.63) is 77.9 Å². The lowest BCUT2D eigenvalue weighted by Crippen LogP contribution is -2.51.